The first-order valence-electron chi connectivity index (χ1n) is 6.70. The zero-order valence-corrected chi connectivity index (χ0v) is 11.1. The SMILES string of the molecule is CC1CCCc2nc(-c3ccc(C(F)(F)F)cc3)cn21. The summed E-state index contributed by atoms with van der Waals surface area (Å²) in [5.41, 5.74) is 0.855. The van der Waals surface area contributed by atoms with Crippen molar-refractivity contribution in [2.24, 2.45) is 0 Å². The first-order valence-corrected chi connectivity index (χ1v) is 6.70. The average molecular weight is 280 g/mol. The second kappa shape index (κ2) is 4.65. The van der Waals surface area contributed by atoms with E-state index in [-0.39, 0.29) is 0 Å². The molecular formula is C15H15F3N2. The number of imidazole rings is 1. The fraction of sp³-hybridized carbons (Fsp3) is 0.400. The maximum atomic E-state index is 12.5. The molecule has 0 spiro atoms. The quantitative estimate of drug-likeness (QED) is 0.753. The highest BCUT2D eigenvalue weighted by Crippen LogP contribution is 2.32. The lowest BCUT2D eigenvalue weighted by Gasteiger charge is -2.20. The number of aromatic nitrogens is 2. The molecule has 0 fully saturated rings. The van der Waals surface area contributed by atoms with Gasteiger partial charge >= 0.3 is 6.18 Å². The molecule has 1 aromatic heterocycles. The third kappa shape index (κ3) is 2.32. The van der Waals surface area contributed by atoms with Crippen molar-refractivity contribution >= 4 is 0 Å². The molecule has 2 aromatic rings. The molecule has 0 N–H and O–H groups in total. The van der Waals surface area contributed by atoms with Crippen LogP contribution in [0.25, 0.3) is 11.3 Å². The predicted molar refractivity (Wildman–Crippen MR) is 70.3 cm³/mol. The fourth-order valence-corrected chi connectivity index (χ4v) is 2.66. The standard InChI is InChI=1S/C15H15F3N2/c1-10-3-2-4-14-19-13(9-20(10)14)11-5-7-12(8-6-11)15(16,17)18/h5-10H,2-4H2,1H3. The highest BCUT2D eigenvalue weighted by molar-refractivity contribution is 5.59. The zero-order valence-electron chi connectivity index (χ0n) is 11.1. The molecule has 0 radical (unpaired) electrons. The number of halogens is 3. The van der Waals surface area contributed by atoms with E-state index >= 15 is 0 Å². The van der Waals surface area contributed by atoms with Crippen molar-refractivity contribution in [1.82, 2.24) is 9.55 Å². The van der Waals surface area contributed by atoms with Crippen molar-refractivity contribution in [2.75, 3.05) is 0 Å². The minimum atomic E-state index is -4.29. The third-order valence-electron chi connectivity index (χ3n) is 3.81. The van der Waals surface area contributed by atoms with Gasteiger partial charge in [-0.25, -0.2) is 4.98 Å². The molecular weight excluding hydrogens is 265 g/mol. The molecule has 1 aliphatic heterocycles. The van der Waals surface area contributed by atoms with E-state index in [0.29, 0.717) is 6.04 Å². The van der Waals surface area contributed by atoms with Crippen LogP contribution in [-0.4, -0.2) is 9.55 Å². The monoisotopic (exact) mass is 280 g/mol. The van der Waals surface area contributed by atoms with E-state index in [1.807, 2.05) is 6.20 Å². The lowest BCUT2D eigenvalue weighted by molar-refractivity contribution is -0.137. The average Bonchev–Trinajstić information content (AvgIpc) is 2.83. The van der Waals surface area contributed by atoms with Crippen LogP contribution < -0.4 is 0 Å². The maximum absolute atomic E-state index is 12.5. The summed E-state index contributed by atoms with van der Waals surface area (Å²) in [6.07, 6.45) is 0.827. The molecule has 1 atom stereocenters. The largest absolute Gasteiger partial charge is 0.416 e. The highest BCUT2D eigenvalue weighted by atomic mass is 19.4. The smallest absolute Gasteiger partial charge is 0.331 e. The molecule has 0 aliphatic carbocycles. The summed E-state index contributed by atoms with van der Waals surface area (Å²) in [5, 5.41) is 0. The molecule has 2 nitrogen and oxygen atoms in total. The summed E-state index contributed by atoms with van der Waals surface area (Å²) in [6, 6.07) is 5.60. The molecule has 1 aliphatic rings. The third-order valence-corrected chi connectivity index (χ3v) is 3.81. The molecule has 20 heavy (non-hydrogen) atoms. The van der Waals surface area contributed by atoms with Gasteiger partial charge in [0.2, 0.25) is 0 Å². The van der Waals surface area contributed by atoms with Gasteiger partial charge < -0.3 is 4.57 Å². The van der Waals surface area contributed by atoms with Gasteiger partial charge in [0.1, 0.15) is 5.82 Å². The van der Waals surface area contributed by atoms with E-state index in [0.717, 1.165) is 48.5 Å². The summed E-state index contributed by atoms with van der Waals surface area (Å²) in [6.45, 7) is 2.14. The summed E-state index contributed by atoms with van der Waals surface area (Å²) >= 11 is 0. The van der Waals surface area contributed by atoms with Gasteiger partial charge in [-0.05, 0) is 31.9 Å². The van der Waals surface area contributed by atoms with E-state index in [2.05, 4.69) is 16.5 Å². The van der Waals surface area contributed by atoms with Crippen molar-refractivity contribution < 1.29 is 13.2 Å². The van der Waals surface area contributed by atoms with Gasteiger partial charge in [-0.1, -0.05) is 12.1 Å². The molecule has 3 rings (SSSR count). The Bertz CT molecular complexity index is 611. The van der Waals surface area contributed by atoms with Crippen LogP contribution in [0.2, 0.25) is 0 Å². The van der Waals surface area contributed by atoms with Gasteiger partial charge in [-0.2, -0.15) is 13.2 Å². The van der Waals surface area contributed by atoms with Crippen molar-refractivity contribution in [3.05, 3.63) is 41.9 Å². The molecule has 0 saturated carbocycles. The van der Waals surface area contributed by atoms with Gasteiger partial charge in [-0.15, -0.1) is 0 Å². The highest BCUT2D eigenvalue weighted by Gasteiger charge is 2.30. The van der Waals surface area contributed by atoms with Gasteiger partial charge in [0.05, 0.1) is 11.3 Å². The molecule has 0 amide bonds. The Morgan fingerprint density at radius 1 is 1.20 bits per heavy atom. The first kappa shape index (κ1) is 13.2. The number of hydrogen-bond donors (Lipinski definition) is 0. The first-order chi connectivity index (χ1) is 9.45. The van der Waals surface area contributed by atoms with Crippen LogP contribution in [0.4, 0.5) is 13.2 Å². The van der Waals surface area contributed by atoms with Crippen LogP contribution in [0.1, 0.15) is 37.2 Å². The fourth-order valence-electron chi connectivity index (χ4n) is 2.66. The van der Waals surface area contributed by atoms with Gasteiger partial charge in [0, 0.05) is 24.2 Å². The predicted octanol–water partition coefficient (Wildman–Crippen LogP) is 4.47. The number of benzene rings is 1. The summed E-state index contributed by atoms with van der Waals surface area (Å²) in [5.74, 6) is 1.03. The number of fused-ring (bicyclic) bond motifs is 1. The number of nitrogens with zero attached hydrogens (tertiary/aromatic N) is 2. The molecule has 1 unspecified atom stereocenters. The molecule has 0 saturated heterocycles. The Kier molecular flexibility index (Phi) is 3.07. The van der Waals surface area contributed by atoms with Gasteiger partial charge in [0.15, 0.2) is 0 Å². The van der Waals surface area contributed by atoms with Crippen molar-refractivity contribution in [3.63, 3.8) is 0 Å². The van der Waals surface area contributed by atoms with Crippen molar-refractivity contribution in [3.8, 4) is 11.3 Å². The number of alkyl halides is 3. The summed E-state index contributed by atoms with van der Waals surface area (Å²) in [7, 11) is 0. The van der Waals surface area contributed by atoms with E-state index in [9.17, 15) is 13.2 Å². The zero-order chi connectivity index (χ0) is 14.3. The van der Waals surface area contributed by atoms with E-state index in [4.69, 9.17) is 0 Å². The Morgan fingerprint density at radius 2 is 1.90 bits per heavy atom. The Balaban J connectivity index is 1.94. The Hall–Kier alpha value is -1.78. The molecule has 5 heteroatoms. The lowest BCUT2D eigenvalue weighted by Crippen LogP contribution is -2.14. The normalized spacial score (nSPS) is 18.9. The molecule has 0 bridgehead atoms. The summed E-state index contributed by atoms with van der Waals surface area (Å²) in [4.78, 5) is 4.54. The maximum Gasteiger partial charge on any atom is 0.416 e. The van der Waals surface area contributed by atoms with E-state index < -0.39 is 11.7 Å². The van der Waals surface area contributed by atoms with Crippen molar-refractivity contribution in [1.29, 1.82) is 0 Å². The molecule has 1 aromatic carbocycles. The number of hydrogen-bond acceptors (Lipinski definition) is 1. The summed E-state index contributed by atoms with van der Waals surface area (Å²) < 4.78 is 39.8. The van der Waals surface area contributed by atoms with Crippen LogP contribution >= 0.6 is 0 Å². The number of aryl methyl sites for hydroxylation is 1. The van der Waals surface area contributed by atoms with Crippen LogP contribution in [0.5, 0.6) is 0 Å². The lowest BCUT2D eigenvalue weighted by atomic mass is 10.1. The van der Waals surface area contributed by atoms with Crippen LogP contribution in [0, 0.1) is 0 Å². The second-order valence-electron chi connectivity index (χ2n) is 5.27. The topological polar surface area (TPSA) is 17.8 Å². The minimum Gasteiger partial charge on any atom is -0.331 e. The van der Waals surface area contributed by atoms with Crippen LogP contribution in [0.3, 0.4) is 0 Å². The second-order valence-corrected chi connectivity index (χ2v) is 5.27. The number of rotatable bonds is 1. The Labute approximate surface area is 115 Å². The van der Waals surface area contributed by atoms with Crippen LogP contribution in [-0.2, 0) is 12.6 Å². The van der Waals surface area contributed by atoms with Crippen LogP contribution in [0.15, 0.2) is 30.5 Å². The van der Waals surface area contributed by atoms with E-state index in [1.165, 1.54) is 12.1 Å². The van der Waals surface area contributed by atoms with E-state index in [1.54, 1.807) is 0 Å². The van der Waals surface area contributed by atoms with Gasteiger partial charge in [0.25, 0.3) is 0 Å². The van der Waals surface area contributed by atoms with Gasteiger partial charge in [-0.3, -0.25) is 0 Å². The Morgan fingerprint density at radius 3 is 2.50 bits per heavy atom. The van der Waals surface area contributed by atoms with Crippen molar-refractivity contribution in [2.45, 2.75) is 38.4 Å². The molecule has 2 heterocycles. The minimum absolute atomic E-state index is 0.412. The molecule has 106 valence electrons.